The first-order valence-electron chi connectivity index (χ1n) is 10.6. The zero-order chi connectivity index (χ0) is 21.5. The maximum atomic E-state index is 11.5. The first-order chi connectivity index (χ1) is 14.7. The predicted octanol–water partition coefficient (Wildman–Crippen LogP) is 3.60. The molecule has 0 aromatic carbocycles. The molecule has 2 aliphatic rings. The Morgan fingerprint density at radius 2 is 2.03 bits per heavy atom. The number of thiophene rings is 1. The van der Waals surface area contributed by atoms with Gasteiger partial charge in [0.05, 0.1) is 27.4 Å². The summed E-state index contributed by atoms with van der Waals surface area (Å²) in [6.45, 7) is 9.24. The van der Waals surface area contributed by atoms with Crippen LogP contribution in [0.5, 0.6) is 0 Å². The minimum atomic E-state index is -2.76. The Balaban J connectivity index is 1.31. The van der Waals surface area contributed by atoms with Gasteiger partial charge in [-0.3, -0.25) is 4.90 Å². The van der Waals surface area contributed by atoms with Gasteiger partial charge in [-0.1, -0.05) is 13.8 Å². The van der Waals surface area contributed by atoms with E-state index in [4.69, 9.17) is 0 Å². The topological polar surface area (TPSA) is 83.4 Å². The van der Waals surface area contributed by atoms with Crippen molar-refractivity contribution in [3.63, 3.8) is 0 Å². The molecule has 2 fully saturated rings. The number of H-pyrrole nitrogens is 1. The highest BCUT2D eigenvalue weighted by atomic mass is 32.2. The van der Waals surface area contributed by atoms with E-state index >= 15 is 0 Å². The van der Waals surface area contributed by atoms with E-state index in [1.807, 2.05) is 22.0 Å². The van der Waals surface area contributed by atoms with E-state index in [0.717, 1.165) is 42.1 Å². The molecular formula is C22H25N5O2S2. The van der Waals surface area contributed by atoms with Gasteiger partial charge in [-0.15, -0.1) is 11.3 Å². The number of aromatic amines is 1. The third-order valence-corrected chi connectivity index (χ3v) is 9.79. The molecule has 4 aromatic rings. The number of rotatable bonds is 4. The number of sulfone groups is 1. The van der Waals surface area contributed by atoms with Gasteiger partial charge in [0.15, 0.2) is 15.5 Å². The lowest BCUT2D eigenvalue weighted by molar-refractivity contribution is 0.0188. The fraction of sp³-hybridized carbons (Fsp3) is 0.455. The van der Waals surface area contributed by atoms with Crippen LogP contribution in [0.4, 0.5) is 0 Å². The molecule has 7 nitrogen and oxygen atoms in total. The van der Waals surface area contributed by atoms with Crippen LogP contribution in [0.3, 0.4) is 0 Å². The van der Waals surface area contributed by atoms with Crippen molar-refractivity contribution < 1.29 is 8.42 Å². The highest BCUT2D eigenvalue weighted by molar-refractivity contribution is 7.92. The molecule has 0 amide bonds. The van der Waals surface area contributed by atoms with Crippen LogP contribution in [0.1, 0.15) is 35.8 Å². The molecule has 1 N–H and O–H groups in total. The van der Waals surface area contributed by atoms with Crippen LogP contribution in [0.15, 0.2) is 24.7 Å². The van der Waals surface area contributed by atoms with Gasteiger partial charge < -0.3 is 4.98 Å². The van der Waals surface area contributed by atoms with Crippen LogP contribution >= 0.6 is 11.3 Å². The molecule has 0 atom stereocenters. The molecule has 4 aromatic heterocycles. The van der Waals surface area contributed by atoms with Crippen LogP contribution in [0.25, 0.3) is 27.1 Å². The molecule has 2 saturated heterocycles. The van der Waals surface area contributed by atoms with Crippen LogP contribution < -0.4 is 0 Å². The van der Waals surface area contributed by atoms with E-state index in [0.29, 0.717) is 17.4 Å². The molecule has 6 rings (SSSR count). The average Bonchev–Trinajstić information content (AvgIpc) is 3.31. The average molecular weight is 456 g/mol. The molecular weight excluding hydrogens is 430 g/mol. The Kier molecular flexibility index (Phi) is 4.02. The number of likely N-dealkylation sites (tertiary alicyclic amines) is 1. The van der Waals surface area contributed by atoms with Crippen molar-refractivity contribution in [3.05, 3.63) is 40.7 Å². The molecule has 0 unspecified atom stereocenters. The fourth-order valence-electron chi connectivity index (χ4n) is 5.45. The number of fused-ring (bicyclic) bond motifs is 2. The van der Waals surface area contributed by atoms with Gasteiger partial charge in [0.2, 0.25) is 0 Å². The van der Waals surface area contributed by atoms with Crippen LogP contribution in [-0.2, 0) is 16.4 Å². The lowest BCUT2D eigenvalue weighted by Gasteiger charge is -2.54. The van der Waals surface area contributed by atoms with Gasteiger partial charge in [-0.05, 0) is 36.1 Å². The number of aryl methyl sites for hydroxylation is 1. The van der Waals surface area contributed by atoms with Gasteiger partial charge in [-0.25, -0.2) is 17.9 Å². The van der Waals surface area contributed by atoms with Crippen molar-refractivity contribution in [3.8, 4) is 11.3 Å². The van der Waals surface area contributed by atoms with E-state index in [1.165, 1.54) is 20.7 Å². The van der Waals surface area contributed by atoms with Crippen molar-refractivity contribution in [1.29, 1.82) is 0 Å². The SMILES string of the molecule is Cc1cc(-c2[nH]c3cc(CN4CC5(C4)CS(=O)(=O)C5)sc3c2C(C)C)cn2ncnc12. The van der Waals surface area contributed by atoms with E-state index < -0.39 is 9.84 Å². The van der Waals surface area contributed by atoms with E-state index in [2.05, 4.69) is 52.9 Å². The number of hydrogen-bond acceptors (Lipinski definition) is 6. The smallest absolute Gasteiger partial charge is 0.158 e. The Morgan fingerprint density at radius 3 is 2.74 bits per heavy atom. The second-order valence-electron chi connectivity index (χ2n) is 9.64. The molecule has 0 saturated carbocycles. The van der Waals surface area contributed by atoms with Crippen LogP contribution in [-0.4, -0.2) is 57.5 Å². The number of pyridine rings is 1. The van der Waals surface area contributed by atoms with Crippen LogP contribution in [0, 0.1) is 12.3 Å². The van der Waals surface area contributed by atoms with Gasteiger partial charge in [0.1, 0.15) is 6.33 Å². The number of aromatic nitrogens is 4. The highest BCUT2D eigenvalue weighted by Gasteiger charge is 2.55. The minimum Gasteiger partial charge on any atom is -0.354 e. The zero-order valence-corrected chi connectivity index (χ0v) is 19.5. The molecule has 6 heterocycles. The Morgan fingerprint density at radius 1 is 1.26 bits per heavy atom. The molecule has 0 bridgehead atoms. The summed E-state index contributed by atoms with van der Waals surface area (Å²) in [4.78, 5) is 11.7. The lowest BCUT2D eigenvalue weighted by atomic mass is 9.83. The number of nitrogens with zero attached hydrogens (tertiary/aromatic N) is 4. The van der Waals surface area contributed by atoms with E-state index in [1.54, 1.807) is 6.33 Å². The summed E-state index contributed by atoms with van der Waals surface area (Å²) in [6.07, 6.45) is 3.64. The molecule has 0 radical (unpaired) electrons. The van der Waals surface area contributed by atoms with Crippen molar-refractivity contribution in [2.24, 2.45) is 5.41 Å². The normalized spacial score (nSPS) is 20.0. The fourth-order valence-corrected chi connectivity index (χ4v) is 8.95. The summed E-state index contributed by atoms with van der Waals surface area (Å²) in [7, 11) is -2.76. The third kappa shape index (κ3) is 3.05. The van der Waals surface area contributed by atoms with E-state index in [-0.39, 0.29) is 5.41 Å². The first-order valence-corrected chi connectivity index (χ1v) is 13.2. The summed E-state index contributed by atoms with van der Waals surface area (Å²) in [5.74, 6) is 1.13. The highest BCUT2D eigenvalue weighted by Crippen LogP contribution is 2.44. The quantitative estimate of drug-likeness (QED) is 0.508. The zero-order valence-electron chi connectivity index (χ0n) is 17.8. The molecule has 31 heavy (non-hydrogen) atoms. The maximum absolute atomic E-state index is 11.5. The predicted molar refractivity (Wildman–Crippen MR) is 123 cm³/mol. The second-order valence-corrected chi connectivity index (χ2v) is 12.8. The monoisotopic (exact) mass is 455 g/mol. The van der Waals surface area contributed by atoms with Crippen LogP contribution in [0.2, 0.25) is 0 Å². The minimum absolute atomic E-state index is 0.0467. The van der Waals surface area contributed by atoms with Crippen molar-refractivity contribution in [1.82, 2.24) is 24.5 Å². The molecule has 2 aliphatic heterocycles. The second kappa shape index (κ2) is 6.40. The Bertz CT molecular complexity index is 1420. The summed E-state index contributed by atoms with van der Waals surface area (Å²) in [5.41, 5.74) is 6.84. The van der Waals surface area contributed by atoms with Gasteiger partial charge >= 0.3 is 0 Å². The third-order valence-electron chi connectivity index (χ3n) is 6.53. The van der Waals surface area contributed by atoms with Gasteiger partial charge in [0, 0.05) is 41.7 Å². The molecule has 162 valence electrons. The first kappa shape index (κ1) is 19.5. The summed E-state index contributed by atoms with van der Waals surface area (Å²) < 4.78 is 26.2. The number of hydrogen-bond donors (Lipinski definition) is 1. The largest absolute Gasteiger partial charge is 0.354 e. The van der Waals surface area contributed by atoms with E-state index in [9.17, 15) is 8.42 Å². The summed E-state index contributed by atoms with van der Waals surface area (Å²) in [6, 6.07) is 4.44. The maximum Gasteiger partial charge on any atom is 0.158 e. The molecule has 9 heteroatoms. The lowest BCUT2D eigenvalue weighted by Crippen LogP contribution is -2.67. The molecule has 1 spiro atoms. The summed E-state index contributed by atoms with van der Waals surface area (Å²) >= 11 is 1.85. The number of nitrogens with one attached hydrogen (secondary N) is 1. The Labute approximate surface area is 185 Å². The van der Waals surface area contributed by atoms with Crippen molar-refractivity contribution >= 4 is 37.0 Å². The molecule has 0 aliphatic carbocycles. The summed E-state index contributed by atoms with van der Waals surface area (Å²) in [5, 5.41) is 4.33. The standard InChI is InChI=1S/C22H25N5O2S2/c1-13(2)18-19(15-4-14(3)21-23-12-24-27(21)6-15)25-17-5-16(30-20(17)18)7-26-8-22(9-26)10-31(28,29)11-22/h4-6,12-13,25H,7-11H2,1-3H3. The van der Waals surface area contributed by atoms with Crippen molar-refractivity contribution in [2.45, 2.75) is 33.2 Å². The van der Waals surface area contributed by atoms with Gasteiger partial charge in [-0.2, -0.15) is 5.10 Å². The van der Waals surface area contributed by atoms with Crippen molar-refractivity contribution in [2.75, 3.05) is 24.6 Å². The van der Waals surface area contributed by atoms with Gasteiger partial charge in [0.25, 0.3) is 0 Å². The Hall–Kier alpha value is -2.23.